The fraction of sp³-hybridized carbons (Fsp3) is 1.00. The van der Waals surface area contributed by atoms with E-state index in [1.807, 2.05) is 0 Å². The molecule has 1 heterocycles. The molecule has 2 nitrogen and oxygen atoms in total. The van der Waals surface area contributed by atoms with Gasteiger partial charge in [0.1, 0.15) is 6.17 Å². The summed E-state index contributed by atoms with van der Waals surface area (Å²) in [6.07, 6.45) is -0.325. The first-order valence-electron chi connectivity index (χ1n) is 3.17. The predicted molar refractivity (Wildman–Crippen MR) is 30.9 cm³/mol. The highest BCUT2D eigenvalue weighted by atomic mass is 19.1. The zero-order chi connectivity index (χ0) is 6.69. The summed E-state index contributed by atoms with van der Waals surface area (Å²) in [7, 11) is 0. The Bertz CT molecular complexity index is 81.1. The monoisotopic (exact) mass is 134 g/mol. The van der Waals surface area contributed by atoms with Crippen LogP contribution in [0.15, 0.2) is 0 Å². The van der Waals surface area contributed by atoms with Gasteiger partial charge < -0.3 is 9.84 Å². The van der Waals surface area contributed by atoms with Crippen LogP contribution >= 0.6 is 0 Å². The molecule has 0 aromatic heterocycles. The highest BCUT2D eigenvalue weighted by Gasteiger charge is 2.24. The Kier molecular flexibility index (Phi) is 2.42. The van der Waals surface area contributed by atoms with Gasteiger partial charge >= 0.3 is 0 Å². The van der Waals surface area contributed by atoms with Crippen LogP contribution in [0.25, 0.3) is 0 Å². The Balaban J connectivity index is 2.24. The number of halogens is 1. The van der Waals surface area contributed by atoms with Crippen molar-refractivity contribution in [2.45, 2.75) is 12.6 Å². The average molecular weight is 134 g/mol. The summed E-state index contributed by atoms with van der Waals surface area (Å²) in [6.45, 7) is 0.751. The number of rotatable bonds is 2. The average Bonchev–Trinajstić information content (AvgIpc) is 2.37. The first kappa shape index (κ1) is 6.96. The SMILES string of the molecule is OC[C@@H](F)[C@@H]1CCOC1. The number of hydrogen-bond donors (Lipinski definition) is 1. The lowest BCUT2D eigenvalue weighted by Crippen LogP contribution is -2.19. The maximum atomic E-state index is 12.5. The minimum absolute atomic E-state index is 0.0602. The molecule has 1 N–H and O–H groups in total. The number of aliphatic hydroxyl groups is 1. The molecule has 0 radical (unpaired) electrons. The van der Waals surface area contributed by atoms with Crippen LogP contribution in [0.2, 0.25) is 0 Å². The van der Waals surface area contributed by atoms with Gasteiger partial charge in [-0.3, -0.25) is 0 Å². The van der Waals surface area contributed by atoms with Crippen LogP contribution in [0.4, 0.5) is 4.39 Å². The van der Waals surface area contributed by atoms with Crippen molar-refractivity contribution in [3.8, 4) is 0 Å². The minimum atomic E-state index is -1.08. The van der Waals surface area contributed by atoms with Crippen LogP contribution in [-0.2, 0) is 4.74 Å². The van der Waals surface area contributed by atoms with Crippen LogP contribution in [0.1, 0.15) is 6.42 Å². The molecule has 1 fully saturated rings. The van der Waals surface area contributed by atoms with Crippen molar-refractivity contribution in [1.29, 1.82) is 0 Å². The highest BCUT2D eigenvalue weighted by molar-refractivity contribution is 4.71. The van der Waals surface area contributed by atoms with E-state index < -0.39 is 6.17 Å². The van der Waals surface area contributed by atoms with E-state index in [0.717, 1.165) is 6.42 Å². The molecule has 9 heavy (non-hydrogen) atoms. The smallest absolute Gasteiger partial charge is 0.128 e. The third-order valence-corrected chi connectivity index (χ3v) is 1.65. The standard InChI is InChI=1S/C6H11FO2/c7-6(3-8)5-1-2-9-4-5/h5-6,8H,1-4H2/t5-,6-/m1/s1. The van der Waals surface area contributed by atoms with Crippen LogP contribution in [0.3, 0.4) is 0 Å². The summed E-state index contributed by atoms with van der Waals surface area (Å²) < 4.78 is 17.4. The zero-order valence-electron chi connectivity index (χ0n) is 5.22. The summed E-state index contributed by atoms with van der Waals surface area (Å²) in [6, 6.07) is 0. The third-order valence-electron chi connectivity index (χ3n) is 1.65. The maximum Gasteiger partial charge on any atom is 0.128 e. The molecule has 0 amide bonds. The molecule has 0 bridgehead atoms. The highest BCUT2D eigenvalue weighted by Crippen LogP contribution is 2.18. The van der Waals surface area contributed by atoms with E-state index in [4.69, 9.17) is 9.84 Å². The van der Waals surface area contributed by atoms with E-state index in [2.05, 4.69) is 0 Å². The summed E-state index contributed by atoms with van der Waals surface area (Å²) in [5.74, 6) is -0.0602. The number of hydrogen-bond acceptors (Lipinski definition) is 2. The van der Waals surface area contributed by atoms with Crippen molar-refractivity contribution in [2.24, 2.45) is 5.92 Å². The molecule has 1 saturated heterocycles. The van der Waals surface area contributed by atoms with E-state index in [0.29, 0.717) is 13.2 Å². The van der Waals surface area contributed by atoms with E-state index >= 15 is 0 Å². The van der Waals surface area contributed by atoms with Gasteiger partial charge in [-0.25, -0.2) is 4.39 Å². The van der Waals surface area contributed by atoms with Crippen LogP contribution in [0.5, 0.6) is 0 Å². The Labute approximate surface area is 53.6 Å². The van der Waals surface area contributed by atoms with Gasteiger partial charge in [-0.2, -0.15) is 0 Å². The van der Waals surface area contributed by atoms with Crippen molar-refractivity contribution < 1.29 is 14.2 Å². The summed E-state index contributed by atoms with van der Waals surface area (Å²) in [4.78, 5) is 0. The lowest BCUT2D eigenvalue weighted by atomic mass is 10.0. The molecule has 1 aliphatic heterocycles. The summed E-state index contributed by atoms with van der Waals surface area (Å²) >= 11 is 0. The van der Waals surface area contributed by atoms with Gasteiger partial charge in [-0.15, -0.1) is 0 Å². The normalized spacial score (nSPS) is 30.7. The molecule has 0 aliphatic carbocycles. The topological polar surface area (TPSA) is 29.5 Å². The molecule has 0 unspecified atom stereocenters. The molecule has 1 aliphatic rings. The van der Waals surface area contributed by atoms with Crippen molar-refractivity contribution in [1.82, 2.24) is 0 Å². The van der Waals surface area contributed by atoms with E-state index in [9.17, 15) is 4.39 Å². The fourth-order valence-electron chi connectivity index (χ4n) is 0.987. The molecule has 2 atom stereocenters. The first-order chi connectivity index (χ1) is 4.34. The van der Waals surface area contributed by atoms with Crippen LogP contribution in [-0.4, -0.2) is 31.1 Å². The molecular weight excluding hydrogens is 123 g/mol. The first-order valence-corrected chi connectivity index (χ1v) is 3.17. The second-order valence-corrected chi connectivity index (χ2v) is 2.32. The number of aliphatic hydroxyl groups excluding tert-OH is 1. The van der Waals surface area contributed by atoms with Gasteiger partial charge in [-0.05, 0) is 6.42 Å². The molecule has 0 aromatic rings. The lowest BCUT2D eigenvalue weighted by Gasteiger charge is -2.09. The van der Waals surface area contributed by atoms with Gasteiger partial charge in [0.15, 0.2) is 0 Å². The van der Waals surface area contributed by atoms with E-state index in [-0.39, 0.29) is 12.5 Å². The van der Waals surface area contributed by atoms with Crippen LogP contribution in [0, 0.1) is 5.92 Å². The number of ether oxygens (including phenoxy) is 1. The summed E-state index contributed by atoms with van der Waals surface area (Å²) in [5, 5.41) is 8.36. The van der Waals surface area contributed by atoms with Gasteiger partial charge in [0.25, 0.3) is 0 Å². The molecule has 0 spiro atoms. The predicted octanol–water partition coefficient (Wildman–Crippen LogP) is 0.353. The van der Waals surface area contributed by atoms with Gasteiger partial charge in [-0.1, -0.05) is 0 Å². The minimum Gasteiger partial charge on any atom is -0.393 e. The number of alkyl halides is 1. The molecule has 1 rings (SSSR count). The Morgan fingerprint density at radius 3 is 3.00 bits per heavy atom. The molecule has 0 saturated carbocycles. The largest absolute Gasteiger partial charge is 0.393 e. The Morgan fingerprint density at radius 1 is 1.78 bits per heavy atom. The quantitative estimate of drug-likeness (QED) is 0.590. The van der Waals surface area contributed by atoms with Crippen LogP contribution < -0.4 is 0 Å². The lowest BCUT2D eigenvalue weighted by molar-refractivity contribution is 0.108. The molecule has 3 heteroatoms. The molecule has 0 aromatic carbocycles. The van der Waals surface area contributed by atoms with E-state index in [1.165, 1.54) is 0 Å². The Morgan fingerprint density at radius 2 is 2.56 bits per heavy atom. The van der Waals surface area contributed by atoms with Crippen molar-refractivity contribution in [3.63, 3.8) is 0 Å². The fourth-order valence-corrected chi connectivity index (χ4v) is 0.987. The molecule has 54 valence electrons. The van der Waals surface area contributed by atoms with Crippen molar-refractivity contribution in [3.05, 3.63) is 0 Å². The van der Waals surface area contributed by atoms with Gasteiger partial charge in [0.2, 0.25) is 0 Å². The summed E-state index contributed by atoms with van der Waals surface area (Å²) in [5.41, 5.74) is 0. The van der Waals surface area contributed by atoms with Crippen molar-refractivity contribution in [2.75, 3.05) is 19.8 Å². The van der Waals surface area contributed by atoms with Crippen molar-refractivity contribution >= 4 is 0 Å². The maximum absolute atomic E-state index is 12.5. The second-order valence-electron chi connectivity index (χ2n) is 2.32. The second kappa shape index (κ2) is 3.13. The molecular formula is C6H11FO2. The van der Waals surface area contributed by atoms with Gasteiger partial charge in [0.05, 0.1) is 13.2 Å². The van der Waals surface area contributed by atoms with Gasteiger partial charge in [0, 0.05) is 12.5 Å². The zero-order valence-corrected chi connectivity index (χ0v) is 5.22. The third kappa shape index (κ3) is 1.63. The van der Waals surface area contributed by atoms with E-state index in [1.54, 1.807) is 0 Å². The Hall–Kier alpha value is -0.150.